The fourth-order valence-corrected chi connectivity index (χ4v) is 2.67. The zero-order valence-corrected chi connectivity index (χ0v) is 13.1. The average molecular weight is 297 g/mol. The number of rotatable bonds is 6. The van der Waals surface area contributed by atoms with Crippen LogP contribution < -0.4 is 5.73 Å². The number of nitrogens with zero attached hydrogens (tertiary/aromatic N) is 2. The molecule has 0 aliphatic rings. The Kier molecular flexibility index (Phi) is 6.24. The molecule has 1 aromatic rings. The Bertz CT molecular complexity index is 448. The lowest BCUT2D eigenvalue weighted by molar-refractivity contribution is 0.0737. The van der Waals surface area contributed by atoms with Crippen LogP contribution in [0.15, 0.2) is 18.3 Å². The van der Waals surface area contributed by atoms with Crippen LogP contribution in [0.25, 0.3) is 0 Å². The first kappa shape index (κ1) is 15.9. The van der Waals surface area contributed by atoms with E-state index in [1.807, 2.05) is 13.3 Å². The first-order valence-electron chi connectivity index (χ1n) is 6.03. The van der Waals surface area contributed by atoms with Gasteiger partial charge in [-0.2, -0.15) is 11.8 Å². The fraction of sp³-hybridized carbons (Fsp3) is 0.462. The molecule has 0 saturated heterocycles. The molecule has 0 bridgehead atoms. The van der Waals surface area contributed by atoms with Gasteiger partial charge in [-0.25, -0.2) is 0 Å². The second kappa shape index (κ2) is 7.45. The van der Waals surface area contributed by atoms with Gasteiger partial charge in [0.05, 0.1) is 0 Å². The van der Waals surface area contributed by atoms with Gasteiger partial charge in [0.1, 0.15) is 10.7 Å². The number of carbonyl (C=O) groups excluding carboxylic acids is 1. The first-order valence-corrected chi connectivity index (χ1v) is 7.83. The zero-order chi connectivity index (χ0) is 14.4. The van der Waals surface area contributed by atoms with E-state index in [2.05, 4.69) is 11.9 Å². The highest BCUT2D eigenvalue weighted by atomic mass is 32.2. The Balaban J connectivity index is 2.84. The Hall–Kier alpha value is -1.14. The van der Waals surface area contributed by atoms with Gasteiger partial charge >= 0.3 is 0 Å². The molecule has 0 radical (unpaired) electrons. The van der Waals surface area contributed by atoms with Gasteiger partial charge in [-0.15, -0.1) is 0 Å². The van der Waals surface area contributed by atoms with E-state index < -0.39 is 0 Å². The predicted octanol–water partition coefficient (Wildman–Crippen LogP) is 1.93. The molecule has 1 amide bonds. The average Bonchev–Trinajstić information content (AvgIpc) is 2.43. The molecule has 1 heterocycles. The largest absolute Gasteiger partial charge is 0.389 e. The lowest BCUT2D eigenvalue weighted by atomic mass is 10.2. The first-order chi connectivity index (χ1) is 9.01. The van der Waals surface area contributed by atoms with Crippen LogP contribution in [-0.4, -0.2) is 45.9 Å². The molecule has 0 saturated carbocycles. The molecule has 0 spiro atoms. The number of hydrogen-bond donors (Lipinski definition) is 1. The van der Waals surface area contributed by atoms with E-state index in [0.29, 0.717) is 11.3 Å². The molecular formula is C13H19N3OS2. The Labute approximate surface area is 123 Å². The summed E-state index contributed by atoms with van der Waals surface area (Å²) in [5, 5.41) is 0. The lowest BCUT2D eigenvalue weighted by Crippen LogP contribution is -2.38. The Morgan fingerprint density at radius 2 is 2.26 bits per heavy atom. The normalized spacial score (nSPS) is 11.9. The van der Waals surface area contributed by atoms with Crippen LogP contribution in [0.4, 0.5) is 0 Å². The van der Waals surface area contributed by atoms with Crippen molar-refractivity contribution in [3.05, 3.63) is 29.6 Å². The standard InChI is InChI=1S/C13H19N3OS2/c1-4-10(8-19-3)16(2)13(17)11-6-5-9(7-15-11)12(14)18/h5-7,10H,4,8H2,1-3H3,(H2,14,18). The summed E-state index contributed by atoms with van der Waals surface area (Å²) in [6.45, 7) is 2.08. The van der Waals surface area contributed by atoms with E-state index in [1.165, 1.54) is 0 Å². The second-order valence-electron chi connectivity index (χ2n) is 4.23. The molecule has 1 atom stereocenters. The predicted molar refractivity (Wildman–Crippen MR) is 84.7 cm³/mol. The molecule has 104 valence electrons. The third-order valence-electron chi connectivity index (χ3n) is 2.97. The van der Waals surface area contributed by atoms with Crippen LogP contribution in [0.3, 0.4) is 0 Å². The van der Waals surface area contributed by atoms with E-state index in [1.54, 1.807) is 35.0 Å². The van der Waals surface area contributed by atoms with E-state index in [0.717, 1.165) is 12.2 Å². The minimum Gasteiger partial charge on any atom is -0.389 e. The Morgan fingerprint density at radius 3 is 2.68 bits per heavy atom. The molecule has 1 aromatic heterocycles. The molecule has 4 nitrogen and oxygen atoms in total. The van der Waals surface area contributed by atoms with Crippen molar-refractivity contribution in [1.82, 2.24) is 9.88 Å². The van der Waals surface area contributed by atoms with Crippen molar-refractivity contribution in [2.24, 2.45) is 5.73 Å². The summed E-state index contributed by atoms with van der Waals surface area (Å²) in [5.74, 6) is 0.847. The van der Waals surface area contributed by atoms with Gasteiger partial charge in [-0.3, -0.25) is 9.78 Å². The fourth-order valence-electron chi connectivity index (χ4n) is 1.71. The number of hydrogen-bond acceptors (Lipinski definition) is 4. The van der Waals surface area contributed by atoms with E-state index >= 15 is 0 Å². The molecule has 1 unspecified atom stereocenters. The summed E-state index contributed by atoms with van der Waals surface area (Å²) in [6, 6.07) is 3.62. The zero-order valence-electron chi connectivity index (χ0n) is 11.4. The number of amides is 1. The number of pyridine rings is 1. The molecule has 0 aliphatic heterocycles. The highest BCUT2D eigenvalue weighted by Gasteiger charge is 2.20. The number of thioether (sulfide) groups is 1. The van der Waals surface area contributed by atoms with Gasteiger partial charge in [0.15, 0.2) is 0 Å². The van der Waals surface area contributed by atoms with Gasteiger partial charge in [-0.05, 0) is 24.8 Å². The molecule has 6 heteroatoms. The minimum atomic E-state index is -0.0737. The summed E-state index contributed by atoms with van der Waals surface area (Å²) in [7, 11) is 1.82. The van der Waals surface area contributed by atoms with Crippen LogP contribution in [0.5, 0.6) is 0 Å². The highest BCUT2D eigenvalue weighted by Crippen LogP contribution is 2.12. The molecule has 0 aliphatic carbocycles. The van der Waals surface area contributed by atoms with Crippen molar-refractivity contribution in [2.45, 2.75) is 19.4 Å². The van der Waals surface area contributed by atoms with Crippen LogP contribution in [0.2, 0.25) is 0 Å². The number of nitrogens with two attached hydrogens (primary N) is 1. The van der Waals surface area contributed by atoms with Crippen LogP contribution in [0.1, 0.15) is 29.4 Å². The third kappa shape index (κ3) is 4.18. The van der Waals surface area contributed by atoms with Gasteiger partial charge in [0.25, 0.3) is 5.91 Å². The van der Waals surface area contributed by atoms with Gasteiger partial charge in [0.2, 0.25) is 0 Å². The molecular weight excluding hydrogens is 278 g/mol. The molecule has 0 aromatic carbocycles. The summed E-state index contributed by atoms with van der Waals surface area (Å²) < 4.78 is 0. The monoisotopic (exact) mass is 297 g/mol. The van der Waals surface area contributed by atoms with Gasteiger partial charge in [-0.1, -0.05) is 19.1 Å². The topological polar surface area (TPSA) is 59.2 Å². The molecule has 0 fully saturated rings. The van der Waals surface area contributed by atoms with Gasteiger partial charge < -0.3 is 10.6 Å². The molecule has 19 heavy (non-hydrogen) atoms. The van der Waals surface area contributed by atoms with Crippen molar-refractivity contribution in [3.63, 3.8) is 0 Å². The van der Waals surface area contributed by atoms with Gasteiger partial charge in [0, 0.05) is 30.6 Å². The van der Waals surface area contributed by atoms with Crippen molar-refractivity contribution < 1.29 is 4.79 Å². The summed E-state index contributed by atoms with van der Waals surface area (Å²) in [5.41, 5.74) is 6.59. The van der Waals surface area contributed by atoms with Crippen LogP contribution in [0, 0.1) is 0 Å². The SMILES string of the molecule is CCC(CSC)N(C)C(=O)c1ccc(C(N)=S)cn1. The lowest BCUT2D eigenvalue weighted by Gasteiger charge is -2.26. The van der Waals surface area contributed by atoms with Crippen molar-refractivity contribution in [3.8, 4) is 0 Å². The van der Waals surface area contributed by atoms with Crippen molar-refractivity contribution >= 4 is 34.9 Å². The highest BCUT2D eigenvalue weighted by molar-refractivity contribution is 7.98. The van der Waals surface area contributed by atoms with E-state index in [9.17, 15) is 4.79 Å². The summed E-state index contributed by atoms with van der Waals surface area (Å²) >= 11 is 6.59. The number of thiocarbonyl (C=S) groups is 1. The molecule has 2 N–H and O–H groups in total. The quantitative estimate of drug-likeness (QED) is 0.813. The second-order valence-corrected chi connectivity index (χ2v) is 5.58. The maximum atomic E-state index is 12.3. The summed E-state index contributed by atoms with van der Waals surface area (Å²) in [4.78, 5) is 18.5. The smallest absolute Gasteiger partial charge is 0.272 e. The van der Waals surface area contributed by atoms with Crippen molar-refractivity contribution in [1.29, 1.82) is 0 Å². The number of carbonyl (C=O) groups is 1. The maximum absolute atomic E-state index is 12.3. The Morgan fingerprint density at radius 1 is 1.58 bits per heavy atom. The third-order valence-corrected chi connectivity index (χ3v) is 3.92. The molecule has 1 rings (SSSR count). The van der Waals surface area contributed by atoms with E-state index in [-0.39, 0.29) is 16.9 Å². The van der Waals surface area contributed by atoms with E-state index in [4.69, 9.17) is 18.0 Å². The number of aromatic nitrogens is 1. The summed E-state index contributed by atoms with van der Waals surface area (Å²) in [6.07, 6.45) is 4.50. The van der Waals surface area contributed by atoms with Crippen LogP contribution >= 0.6 is 24.0 Å². The van der Waals surface area contributed by atoms with Crippen LogP contribution in [-0.2, 0) is 0 Å². The maximum Gasteiger partial charge on any atom is 0.272 e. The van der Waals surface area contributed by atoms with Crippen molar-refractivity contribution in [2.75, 3.05) is 19.1 Å². The minimum absolute atomic E-state index is 0.0737.